The molecule has 0 heterocycles. The van der Waals surface area contributed by atoms with Gasteiger partial charge in [-0.05, 0) is 45.0 Å². The second-order valence-corrected chi connectivity index (χ2v) is 4.91. The van der Waals surface area contributed by atoms with Crippen LogP contribution in [0.2, 0.25) is 0 Å². The van der Waals surface area contributed by atoms with E-state index in [9.17, 15) is 9.59 Å². The lowest BCUT2D eigenvalue weighted by atomic mass is 10.2. The van der Waals surface area contributed by atoms with Gasteiger partial charge in [0.15, 0.2) is 0 Å². The molecule has 6 heteroatoms. The van der Waals surface area contributed by atoms with Crippen molar-refractivity contribution < 1.29 is 14.3 Å². The van der Waals surface area contributed by atoms with E-state index in [4.69, 9.17) is 4.74 Å². The molecule has 1 aromatic rings. The number of nitrogens with one attached hydrogen (secondary N) is 3. The molecule has 0 saturated heterocycles. The van der Waals surface area contributed by atoms with Gasteiger partial charge in [0.1, 0.15) is 5.60 Å². The lowest BCUT2D eigenvalue weighted by Crippen LogP contribution is -2.34. The second-order valence-electron chi connectivity index (χ2n) is 4.91. The number of carbonyl (C=O) groups is 2. The van der Waals surface area contributed by atoms with Crippen LogP contribution in [0.1, 0.15) is 31.1 Å². The fraction of sp³-hybridized carbons (Fsp3) is 0.385. The quantitative estimate of drug-likeness (QED) is 0.729. The van der Waals surface area contributed by atoms with Crippen LogP contribution in [0.15, 0.2) is 24.3 Å². The van der Waals surface area contributed by atoms with Crippen molar-refractivity contribution in [2.45, 2.75) is 26.4 Å². The molecule has 0 aliphatic carbocycles. The molecular formula is C13H19N3O3. The zero-order valence-electron chi connectivity index (χ0n) is 11.5. The van der Waals surface area contributed by atoms with Crippen LogP contribution < -0.4 is 16.2 Å². The van der Waals surface area contributed by atoms with Crippen molar-refractivity contribution in [1.82, 2.24) is 10.9 Å². The van der Waals surface area contributed by atoms with E-state index in [0.717, 1.165) is 0 Å². The van der Waals surface area contributed by atoms with Crippen LogP contribution in [-0.4, -0.2) is 24.6 Å². The summed E-state index contributed by atoms with van der Waals surface area (Å²) in [4.78, 5) is 23.0. The van der Waals surface area contributed by atoms with Gasteiger partial charge < -0.3 is 4.74 Å². The highest BCUT2D eigenvalue weighted by Gasteiger charge is 2.16. The normalized spacial score (nSPS) is 10.7. The summed E-state index contributed by atoms with van der Waals surface area (Å²) in [7, 11) is 1.61. The fourth-order valence-electron chi connectivity index (χ4n) is 1.31. The monoisotopic (exact) mass is 265 g/mol. The average molecular weight is 265 g/mol. The molecule has 0 radical (unpaired) electrons. The molecule has 0 aromatic heterocycles. The van der Waals surface area contributed by atoms with Crippen molar-refractivity contribution in [2.75, 3.05) is 12.4 Å². The molecule has 104 valence electrons. The van der Waals surface area contributed by atoms with E-state index in [0.29, 0.717) is 11.3 Å². The van der Waals surface area contributed by atoms with Gasteiger partial charge in [0.05, 0.1) is 0 Å². The van der Waals surface area contributed by atoms with E-state index in [2.05, 4.69) is 16.2 Å². The van der Waals surface area contributed by atoms with E-state index >= 15 is 0 Å². The molecule has 0 saturated carbocycles. The van der Waals surface area contributed by atoms with Gasteiger partial charge in [-0.15, -0.1) is 0 Å². The summed E-state index contributed by atoms with van der Waals surface area (Å²) in [6.07, 6.45) is -0.528. The van der Waals surface area contributed by atoms with Crippen LogP contribution in [0.4, 0.5) is 10.5 Å². The third-order valence-corrected chi connectivity index (χ3v) is 2.03. The molecule has 6 nitrogen and oxygen atoms in total. The molecule has 2 amide bonds. The first kappa shape index (κ1) is 15.0. The molecular weight excluding hydrogens is 246 g/mol. The fourth-order valence-corrected chi connectivity index (χ4v) is 1.31. The first-order chi connectivity index (χ1) is 8.81. The average Bonchev–Trinajstić information content (AvgIpc) is 2.27. The maximum Gasteiger partial charge on any atom is 0.412 e. The largest absolute Gasteiger partial charge is 0.444 e. The Kier molecular flexibility index (Phi) is 4.88. The molecule has 19 heavy (non-hydrogen) atoms. The van der Waals surface area contributed by atoms with Gasteiger partial charge in [-0.1, -0.05) is 0 Å². The molecule has 0 aliphatic heterocycles. The van der Waals surface area contributed by atoms with Crippen molar-refractivity contribution in [1.29, 1.82) is 0 Å². The van der Waals surface area contributed by atoms with E-state index in [1.807, 2.05) is 0 Å². The molecule has 1 rings (SSSR count). The standard InChI is InChI=1S/C13H19N3O3/c1-13(2,3)19-12(18)15-10-7-5-9(6-8-10)11(17)16-14-4/h5-8,14H,1-4H3,(H,15,18)(H,16,17). The minimum Gasteiger partial charge on any atom is -0.444 e. The highest BCUT2D eigenvalue weighted by molar-refractivity contribution is 5.94. The van der Waals surface area contributed by atoms with Crippen molar-refractivity contribution in [3.05, 3.63) is 29.8 Å². The zero-order chi connectivity index (χ0) is 14.5. The smallest absolute Gasteiger partial charge is 0.412 e. The summed E-state index contributed by atoms with van der Waals surface area (Å²) in [6, 6.07) is 6.49. The molecule has 1 aromatic carbocycles. The highest BCUT2D eigenvalue weighted by atomic mass is 16.6. The van der Waals surface area contributed by atoms with Crippen LogP contribution in [0, 0.1) is 0 Å². The number of hydrogen-bond donors (Lipinski definition) is 3. The first-order valence-corrected chi connectivity index (χ1v) is 5.89. The van der Waals surface area contributed by atoms with Crippen molar-refractivity contribution in [3.8, 4) is 0 Å². The number of hydrazine groups is 1. The van der Waals surface area contributed by atoms with Crippen LogP contribution >= 0.6 is 0 Å². The summed E-state index contributed by atoms with van der Waals surface area (Å²) < 4.78 is 5.12. The lowest BCUT2D eigenvalue weighted by Gasteiger charge is -2.19. The van der Waals surface area contributed by atoms with Gasteiger partial charge in [0.25, 0.3) is 5.91 Å². The number of anilines is 1. The molecule has 0 atom stereocenters. The van der Waals surface area contributed by atoms with Gasteiger partial charge in [0.2, 0.25) is 0 Å². The summed E-state index contributed by atoms with van der Waals surface area (Å²) in [6.45, 7) is 5.37. The minimum absolute atomic E-state index is 0.244. The number of benzene rings is 1. The Morgan fingerprint density at radius 2 is 1.68 bits per heavy atom. The third-order valence-electron chi connectivity index (χ3n) is 2.03. The molecule has 0 bridgehead atoms. The van der Waals surface area contributed by atoms with E-state index in [-0.39, 0.29) is 5.91 Å². The Hall–Kier alpha value is -2.08. The Morgan fingerprint density at radius 1 is 1.11 bits per heavy atom. The number of hydrogen-bond acceptors (Lipinski definition) is 4. The van der Waals surface area contributed by atoms with Crippen molar-refractivity contribution in [2.24, 2.45) is 0 Å². The van der Waals surface area contributed by atoms with Crippen LogP contribution in [-0.2, 0) is 4.74 Å². The Labute approximate surface area is 112 Å². The highest BCUT2D eigenvalue weighted by Crippen LogP contribution is 2.12. The van der Waals surface area contributed by atoms with Gasteiger partial charge in [0, 0.05) is 18.3 Å². The van der Waals surface area contributed by atoms with Crippen LogP contribution in [0.25, 0.3) is 0 Å². The predicted octanol–water partition coefficient (Wildman–Crippen LogP) is 1.90. The van der Waals surface area contributed by atoms with Crippen molar-refractivity contribution in [3.63, 3.8) is 0 Å². The molecule has 0 unspecified atom stereocenters. The molecule has 0 aliphatic rings. The van der Waals surface area contributed by atoms with Gasteiger partial charge in [-0.2, -0.15) is 0 Å². The summed E-state index contributed by atoms with van der Waals surface area (Å²) >= 11 is 0. The van der Waals surface area contributed by atoms with Gasteiger partial charge in [-0.3, -0.25) is 15.5 Å². The first-order valence-electron chi connectivity index (χ1n) is 5.89. The Bertz CT molecular complexity index is 449. The van der Waals surface area contributed by atoms with Crippen molar-refractivity contribution >= 4 is 17.7 Å². The number of carbonyl (C=O) groups excluding carboxylic acids is 2. The number of ether oxygens (including phenoxy) is 1. The zero-order valence-corrected chi connectivity index (χ0v) is 11.5. The van der Waals surface area contributed by atoms with E-state index in [1.54, 1.807) is 52.1 Å². The molecule has 3 N–H and O–H groups in total. The van der Waals surface area contributed by atoms with E-state index in [1.165, 1.54) is 0 Å². The SMILES string of the molecule is CNNC(=O)c1ccc(NC(=O)OC(C)(C)C)cc1. The number of rotatable bonds is 3. The minimum atomic E-state index is -0.545. The predicted molar refractivity (Wildman–Crippen MR) is 72.8 cm³/mol. The second kappa shape index (κ2) is 6.19. The maximum absolute atomic E-state index is 11.5. The summed E-state index contributed by atoms with van der Waals surface area (Å²) in [5, 5.41) is 2.59. The van der Waals surface area contributed by atoms with E-state index < -0.39 is 11.7 Å². The number of amides is 2. The van der Waals surface area contributed by atoms with Crippen LogP contribution in [0.3, 0.4) is 0 Å². The maximum atomic E-state index is 11.5. The molecule has 0 fully saturated rings. The van der Waals surface area contributed by atoms with Gasteiger partial charge in [-0.25, -0.2) is 10.2 Å². The summed E-state index contributed by atoms with van der Waals surface area (Å²) in [5.74, 6) is -0.244. The lowest BCUT2D eigenvalue weighted by molar-refractivity contribution is 0.0635. The Balaban J connectivity index is 2.62. The third kappa shape index (κ3) is 5.39. The Morgan fingerprint density at radius 3 is 2.16 bits per heavy atom. The van der Waals surface area contributed by atoms with Crippen LogP contribution in [0.5, 0.6) is 0 Å². The van der Waals surface area contributed by atoms with Gasteiger partial charge >= 0.3 is 6.09 Å². The topological polar surface area (TPSA) is 79.5 Å². The molecule has 0 spiro atoms. The summed E-state index contributed by atoms with van der Waals surface area (Å²) in [5.41, 5.74) is 5.51.